The molecule has 3 aliphatic carbocycles. The fourth-order valence-electron chi connectivity index (χ4n) is 7.87. The van der Waals surface area contributed by atoms with Gasteiger partial charge in [0.1, 0.15) is 0 Å². The van der Waals surface area contributed by atoms with E-state index >= 15 is 0 Å². The molecule has 6 heteroatoms. The van der Waals surface area contributed by atoms with Gasteiger partial charge in [0.2, 0.25) is 0 Å². The monoisotopic (exact) mass is 521 g/mol. The van der Waals surface area contributed by atoms with E-state index in [0.29, 0.717) is 30.8 Å². The van der Waals surface area contributed by atoms with E-state index in [1.165, 1.54) is 57.4 Å². The number of unbranched alkanes of at least 4 members (excludes halogenated alkanes) is 7. The molecule has 6 rings (SSSR count). The number of allylic oxidation sites excluding steroid dienone is 1. The minimum atomic E-state index is -1.00. The zero-order chi connectivity index (χ0) is 26.3. The van der Waals surface area contributed by atoms with Crippen LogP contribution < -0.4 is 9.47 Å². The second-order valence-electron chi connectivity index (χ2n) is 12.4. The maximum Gasteiger partial charge on any atom is 0.335 e. The van der Waals surface area contributed by atoms with E-state index in [2.05, 4.69) is 11.8 Å². The first-order valence-corrected chi connectivity index (χ1v) is 15.2. The zero-order valence-electron chi connectivity index (χ0n) is 22.9. The Labute approximate surface area is 226 Å². The summed E-state index contributed by atoms with van der Waals surface area (Å²) in [6, 6.07) is 3.85. The minimum Gasteiger partial charge on any atom is -0.477 e. The van der Waals surface area contributed by atoms with E-state index in [4.69, 9.17) is 9.47 Å². The first-order valence-electron chi connectivity index (χ1n) is 15.2. The number of likely N-dealkylation sites (tertiary alicyclic amines) is 1. The van der Waals surface area contributed by atoms with Crippen LogP contribution in [0.5, 0.6) is 11.5 Å². The van der Waals surface area contributed by atoms with Gasteiger partial charge in [-0.25, -0.2) is 4.79 Å². The number of benzene rings is 1. The maximum atomic E-state index is 13.2. The van der Waals surface area contributed by atoms with Crippen LogP contribution in [0, 0.1) is 5.92 Å². The summed E-state index contributed by atoms with van der Waals surface area (Å²) < 4.78 is 12.2. The van der Waals surface area contributed by atoms with E-state index in [0.717, 1.165) is 49.4 Å². The molecule has 38 heavy (non-hydrogen) atoms. The molecule has 1 saturated heterocycles. The van der Waals surface area contributed by atoms with Crippen LogP contribution in [0.1, 0.15) is 102 Å². The molecule has 2 aliphatic heterocycles. The largest absolute Gasteiger partial charge is 0.477 e. The molecule has 0 aromatic heterocycles. The Morgan fingerprint density at radius 3 is 2.74 bits per heavy atom. The van der Waals surface area contributed by atoms with Gasteiger partial charge in [0.25, 0.3) is 0 Å². The molecule has 6 nitrogen and oxygen atoms in total. The first-order chi connectivity index (χ1) is 18.5. The van der Waals surface area contributed by atoms with Crippen molar-refractivity contribution in [2.75, 3.05) is 13.1 Å². The average Bonchev–Trinajstić information content (AvgIpc) is 3.64. The summed E-state index contributed by atoms with van der Waals surface area (Å²) in [5.74, 6) is 1.25. The van der Waals surface area contributed by atoms with Gasteiger partial charge in [-0.1, -0.05) is 57.6 Å². The van der Waals surface area contributed by atoms with Crippen LogP contribution in [0.25, 0.3) is 0 Å². The van der Waals surface area contributed by atoms with Crippen molar-refractivity contribution in [2.45, 2.75) is 120 Å². The van der Waals surface area contributed by atoms with E-state index in [1.807, 2.05) is 18.2 Å². The molecule has 0 radical (unpaired) electrons. The summed E-state index contributed by atoms with van der Waals surface area (Å²) in [5.41, 5.74) is 0.306. The lowest BCUT2D eigenvalue weighted by molar-refractivity contribution is -0.188. The van der Waals surface area contributed by atoms with Gasteiger partial charge >= 0.3 is 5.97 Å². The van der Waals surface area contributed by atoms with E-state index in [1.54, 1.807) is 0 Å². The fourth-order valence-corrected chi connectivity index (χ4v) is 7.87. The molecule has 2 saturated carbocycles. The van der Waals surface area contributed by atoms with E-state index < -0.39 is 23.1 Å². The second kappa shape index (κ2) is 10.4. The third-order valence-electron chi connectivity index (χ3n) is 9.98. The Kier molecular flexibility index (Phi) is 7.15. The topological polar surface area (TPSA) is 76.1 Å². The molecule has 2 heterocycles. The molecule has 1 unspecified atom stereocenters. The molecule has 4 atom stereocenters. The summed E-state index contributed by atoms with van der Waals surface area (Å²) in [4.78, 5) is 28.4. The number of carbonyl (C=O) groups is 2. The van der Waals surface area contributed by atoms with Crippen LogP contribution >= 0.6 is 0 Å². The summed E-state index contributed by atoms with van der Waals surface area (Å²) in [5, 5.41) is 12.4. The smallest absolute Gasteiger partial charge is 0.335 e. The van der Waals surface area contributed by atoms with Crippen molar-refractivity contribution in [3.8, 4) is 11.5 Å². The maximum absolute atomic E-state index is 13.2. The standard InChI is InChI=1S/C32H43NO5/c1-2-3-4-5-6-7-8-9-10-11-27(35)37-25-15-14-23-20-26-32(36)17-16-24(34)30-31(32,28(23)29(25)38-30)18-19-33(26)21-22-12-13-22/h10-11,14-15,22,26,30,36H,2-9,12-13,16-21H2,1H3/t26?,30-,31-,32+/m0/s1. The SMILES string of the molecule is CCCCCCCCCC=CC(=O)Oc1ccc2c3c1O[C@H]1C(=O)CC[C@@]4(O)C(C2)N(CC2CC2)CC[C@]314. The van der Waals surface area contributed by atoms with Crippen molar-refractivity contribution >= 4 is 11.8 Å². The number of Topliss-reactive ketones (excluding diaryl/α,β-unsaturated/α-hetero) is 1. The van der Waals surface area contributed by atoms with Crippen molar-refractivity contribution in [2.24, 2.45) is 5.92 Å². The lowest BCUT2D eigenvalue weighted by atomic mass is 9.49. The molecular formula is C32H43NO5. The van der Waals surface area contributed by atoms with Crippen LogP contribution in [0.2, 0.25) is 0 Å². The fraction of sp³-hybridized carbons (Fsp3) is 0.688. The average molecular weight is 522 g/mol. The van der Waals surface area contributed by atoms with Crippen molar-refractivity contribution in [3.63, 3.8) is 0 Å². The van der Waals surface area contributed by atoms with Gasteiger partial charge in [0.05, 0.1) is 11.0 Å². The van der Waals surface area contributed by atoms with Crippen LogP contribution in [0.15, 0.2) is 24.3 Å². The predicted molar refractivity (Wildman–Crippen MR) is 146 cm³/mol. The van der Waals surface area contributed by atoms with E-state index in [-0.39, 0.29) is 11.8 Å². The molecular weight excluding hydrogens is 478 g/mol. The minimum absolute atomic E-state index is 0.00233. The highest BCUT2D eigenvalue weighted by atomic mass is 16.6. The number of piperidine rings is 1. The number of hydrogen-bond donors (Lipinski definition) is 1. The van der Waals surface area contributed by atoms with Gasteiger partial charge in [0.15, 0.2) is 23.4 Å². The third kappa shape index (κ3) is 4.32. The number of carbonyl (C=O) groups excluding carboxylic acids is 2. The zero-order valence-corrected chi connectivity index (χ0v) is 22.9. The van der Waals surface area contributed by atoms with Crippen molar-refractivity contribution in [1.29, 1.82) is 0 Å². The molecule has 0 amide bonds. The molecule has 2 bridgehead atoms. The predicted octanol–water partition coefficient (Wildman–Crippen LogP) is 5.42. The molecule has 1 spiro atoms. The van der Waals surface area contributed by atoms with E-state index in [9.17, 15) is 14.7 Å². The summed E-state index contributed by atoms with van der Waals surface area (Å²) in [6.07, 6.45) is 17.1. The highest BCUT2D eigenvalue weighted by Gasteiger charge is 2.73. The lowest BCUT2D eigenvalue weighted by Crippen LogP contribution is -2.76. The molecule has 206 valence electrons. The van der Waals surface area contributed by atoms with Gasteiger partial charge in [0, 0.05) is 30.6 Å². The molecule has 5 aliphatic rings. The number of aliphatic hydroxyl groups is 1. The number of nitrogens with zero attached hydrogens (tertiary/aromatic N) is 1. The lowest BCUT2D eigenvalue weighted by Gasteiger charge is -2.62. The molecule has 1 N–H and O–H groups in total. The Bertz CT molecular complexity index is 1110. The highest BCUT2D eigenvalue weighted by molar-refractivity contribution is 5.90. The van der Waals surface area contributed by atoms with Crippen LogP contribution in [0.3, 0.4) is 0 Å². The Balaban J connectivity index is 1.18. The third-order valence-corrected chi connectivity index (χ3v) is 9.98. The van der Waals surface area contributed by atoms with Gasteiger partial charge in [-0.2, -0.15) is 0 Å². The number of rotatable bonds is 12. The van der Waals surface area contributed by atoms with Crippen LogP contribution in [0.4, 0.5) is 0 Å². The molecule has 1 aromatic rings. The Morgan fingerprint density at radius 1 is 1.16 bits per heavy atom. The van der Waals surface area contributed by atoms with Crippen LogP contribution in [-0.4, -0.2) is 52.6 Å². The second-order valence-corrected chi connectivity index (χ2v) is 12.4. The summed E-state index contributed by atoms with van der Waals surface area (Å²) in [6.45, 7) is 4.13. The van der Waals surface area contributed by atoms with Crippen molar-refractivity contribution in [1.82, 2.24) is 4.90 Å². The van der Waals surface area contributed by atoms with Gasteiger partial charge < -0.3 is 14.6 Å². The van der Waals surface area contributed by atoms with Gasteiger partial charge in [-0.3, -0.25) is 9.69 Å². The Hall–Kier alpha value is -2.18. The van der Waals surface area contributed by atoms with Crippen LogP contribution in [-0.2, 0) is 21.4 Å². The Morgan fingerprint density at radius 2 is 1.95 bits per heavy atom. The normalized spacial score (nSPS) is 31.4. The highest BCUT2D eigenvalue weighted by Crippen LogP contribution is 2.65. The van der Waals surface area contributed by atoms with Crippen molar-refractivity contribution in [3.05, 3.63) is 35.4 Å². The number of ether oxygens (including phenoxy) is 2. The number of hydrogen-bond acceptors (Lipinski definition) is 6. The molecule has 3 fully saturated rings. The number of esters is 1. The quantitative estimate of drug-likeness (QED) is 0.171. The summed E-state index contributed by atoms with van der Waals surface area (Å²) >= 11 is 0. The summed E-state index contributed by atoms with van der Waals surface area (Å²) in [7, 11) is 0. The van der Waals surface area contributed by atoms with Crippen molar-refractivity contribution < 1.29 is 24.2 Å². The number of ketones is 1. The van der Waals surface area contributed by atoms with Gasteiger partial charge in [-0.05, 0) is 69.0 Å². The first kappa shape index (κ1) is 26.1. The van der Waals surface area contributed by atoms with Gasteiger partial charge in [-0.15, -0.1) is 0 Å². The molecule has 1 aromatic carbocycles.